The van der Waals surface area contributed by atoms with Crippen molar-refractivity contribution in [2.45, 2.75) is 37.9 Å². The molecule has 0 bridgehead atoms. The van der Waals surface area contributed by atoms with Crippen LogP contribution in [-0.2, 0) is 33.8 Å². The molecule has 0 radical (unpaired) electrons. The van der Waals surface area contributed by atoms with Gasteiger partial charge in [-0.15, -0.1) is 0 Å². The molecule has 0 N–H and O–H groups in total. The second kappa shape index (κ2) is 11.2. The van der Waals surface area contributed by atoms with Gasteiger partial charge in [0.15, 0.2) is 5.79 Å². The second-order valence-electron chi connectivity index (χ2n) is 8.90. The highest BCUT2D eigenvalue weighted by Gasteiger charge is 2.41. The van der Waals surface area contributed by atoms with Crippen LogP contribution in [0.1, 0.15) is 17.5 Å². The molecule has 0 saturated carbocycles. The van der Waals surface area contributed by atoms with Crippen LogP contribution in [0, 0.1) is 0 Å². The van der Waals surface area contributed by atoms with E-state index >= 15 is 0 Å². The molecule has 1 fully saturated rings. The smallest absolute Gasteiger partial charge is 0.187 e. The van der Waals surface area contributed by atoms with Crippen molar-refractivity contribution in [1.29, 1.82) is 0 Å². The van der Waals surface area contributed by atoms with E-state index in [2.05, 4.69) is 53.5 Å². The summed E-state index contributed by atoms with van der Waals surface area (Å²) in [5.41, 5.74) is 4.75. The van der Waals surface area contributed by atoms with Crippen molar-refractivity contribution < 1.29 is 14.2 Å². The molecule has 0 spiro atoms. The molecule has 35 heavy (non-hydrogen) atoms. The molecule has 1 aliphatic heterocycles. The van der Waals surface area contributed by atoms with E-state index in [1.54, 1.807) is 12.5 Å². The molecule has 1 saturated heterocycles. The second-order valence-corrected chi connectivity index (χ2v) is 9.34. The summed E-state index contributed by atoms with van der Waals surface area (Å²) in [6.07, 6.45) is 6.93. The number of hydrogen-bond donors (Lipinski definition) is 0. The third-order valence-corrected chi connectivity index (χ3v) is 6.49. The van der Waals surface area contributed by atoms with Gasteiger partial charge in [-0.2, -0.15) is 0 Å². The molecule has 2 atom stereocenters. The summed E-state index contributed by atoms with van der Waals surface area (Å²) >= 11 is 6.04. The van der Waals surface area contributed by atoms with Crippen LogP contribution in [0.15, 0.2) is 97.6 Å². The van der Waals surface area contributed by atoms with Gasteiger partial charge in [0.2, 0.25) is 0 Å². The molecule has 6 heteroatoms. The van der Waals surface area contributed by atoms with Crippen LogP contribution in [-0.4, -0.2) is 34.7 Å². The first-order valence-corrected chi connectivity index (χ1v) is 12.3. The minimum atomic E-state index is -0.717. The Bertz CT molecular complexity index is 1180. The highest BCUT2D eigenvalue weighted by atomic mass is 35.5. The van der Waals surface area contributed by atoms with E-state index in [1.807, 2.05) is 41.1 Å². The molecule has 3 aromatic carbocycles. The molecule has 4 aromatic rings. The van der Waals surface area contributed by atoms with E-state index in [9.17, 15) is 0 Å². The van der Waals surface area contributed by atoms with Crippen molar-refractivity contribution in [3.05, 3.63) is 114 Å². The van der Waals surface area contributed by atoms with Gasteiger partial charge in [0.05, 0.1) is 32.7 Å². The van der Waals surface area contributed by atoms with E-state index in [0.29, 0.717) is 26.4 Å². The van der Waals surface area contributed by atoms with Gasteiger partial charge in [-0.3, -0.25) is 0 Å². The topological polar surface area (TPSA) is 45.5 Å². The summed E-state index contributed by atoms with van der Waals surface area (Å²) in [6.45, 7) is 2.10. The molecule has 180 valence electrons. The SMILES string of the molecule is Clc1ccc(CCC2(Cn3ccnc3)OCC(COCc3ccc(-c4ccccc4)cc3)O2)cc1. The molecular weight excluding hydrogens is 460 g/mol. The lowest BCUT2D eigenvalue weighted by Crippen LogP contribution is -2.37. The lowest BCUT2D eigenvalue weighted by molar-refractivity contribution is -0.187. The molecule has 2 unspecified atom stereocenters. The number of aromatic nitrogens is 2. The average molecular weight is 489 g/mol. The van der Waals surface area contributed by atoms with Gasteiger partial charge in [-0.05, 0) is 40.8 Å². The zero-order valence-corrected chi connectivity index (χ0v) is 20.3. The Morgan fingerprint density at radius 3 is 2.43 bits per heavy atom. The van der Waals surface area contributed by atoms with Crippen LogP contribution < -0.4 is 0 Å². The number of ether oxygens (including phenoxy) is 3. The average Bonchev–Trinajstić information content (AvgIpc) is 3.55. The van der Waals surface area contributed by atoms with E-state index in [4.69, 9.17) is 25.8 Å². The first-order chi connectivity index (χ1) is 17.2. The van der Waals surface area contributed by atoms with Crippen LogP contribution in [0.5, 0.6) is 0 Å². The predicted octanol–water partition coefficient (Wildman–Crippen LogP) is 6.16. The molecular formula is C29H29ClN2O3. The largest absolute Gasteiger partial charge is 0.374 e. The Morgan fingerprint density at radius 2 is 1.69 bits per heavy atom. The highest BCUT2D eigenvalue weighted by Crippen LogP contribution is 2.31. The van der Waals surface area contributed by atoms with Crippen molar-refractivity contribution in [3.63, 3.8) is 0 Å². The quantitative estimate of drug-likeness (QED) is 0.268. The lowest BCUT2D eigenvalue weighted by Gasteiger charge is -2.28. The van der Waals surface area contributed by atoms with E-state index in [0.717, 1.165) is 23.4 Å². The van der Waals surface area contributed by atoms with Gasteiger partial charge >= 0.3 is 0 Å². The van der Waals surface area contributed by atoms with Gasteiger partial charge in [-0.25, -0.2) is 4.98 Å². The van der Waals surface area contributed by atoms with E-state index in [-0.39, 0.29) is 6.10 Å². The van der Waals surface area contributed by atoms with Crippen molar-refractivity contribution in [2.75, 3.05) is 13.2 Å². The first-order valence-electron chi connectivity index (χ1n) is 11.9. The zero-order chi connectivity index (χ0) is 23.9. The predicted molar refractivity (Wildman–Crippen MR) is 137 cm³/mol. The monoisotopic (exact) mass is 488 g/mol. The van der Waals surface area contributed by atoms with E-state index in [1.165, 1.54) is 16.7 Å². The van der Waals surface area contributed by atoms with Crippen LogP contribution in [0.25, 0.3) is 11.1 Å². The number of benzene rings is 3. The molecule has 0 amide bonds. The lowest BCUT2D eigenvalue weighted by atomic mass is 10.0. The summed E-state index contributed by atoms with van der Waals surface area (Å²) in [5.74, 6) is -0.717. The number of aryl methyl sites for hydroxylation is 1. The van der Waals surface area contributed by atoms with Crippen LogP contribution in [0.3, 0.4) is 0 Å². The van der Waals surface area contributed by atoms with Crippen LogP contribution >= 0.6 is 11.6 Å². The third kappa shape index (κ3) is 6.38. The maximum atomic E-state index is 6.46. The Kier molecular flexibility index (Phi) is 7.60. The number of hydrogen-bond acceptors (Lipinski definition) is 4. The minimum absolute atomic E-state index is 0.118. The maximum Gasteiger partial charge on any atom is 0.187 e. The Labute approximate surface area is 211 Å². The Hall–Kier alpha value is -2.96. The third-order valence-electron chi connectivity index (χ3n) is 6.24. The summed E-state index contributed by atoms with van der Waals surface area (Å²) in [4.78, 5) is 4.16. The van der Waals surface area contributed by atoms with Crippen molar-refractivity contribution >= 4 is 11.6 Å². The van der Waals surface area contributed by atoms with E-state index < -0.39 is 5.79 Å². The number of nitrogens with zero attached hydrogens (tertiary/aromatic N) is 2. The fraction of sp³-hybridized carbons (Fsp3) is 0.276. The van der Waals surface area contributed by atoms with Crippen LogP contribution in [0.4, 0.5) is 0 Å². The minimum Gasteiger partial charge on any atom is -0.374 e. The fourth-order valence-electron chi connectivity index (χ4n) is 4.37. The molecule has 5 nitrogen and oxygen atoms in total. The van der Waals surface area contributed by atoms with Crippen molar-refractivity contribution in [1.82, 2.24) is 9.55 Å². The van der Waals surface area contributed by atoms with Crippen LogP contribution in [0.2, 0.25) is 5.02 Å². The van der Waals surface area contributed by atoms with Gasteiger partial charge in [-0.1, -0.05) is 78.3 Å². The molecule has 0 aliphatic carbocycles. The summed E-state index contributed by atoms with van der Waals surface area (Å²) in [6, 6.07) is 26.8. The summed E-state index contributed by atoms with van der Waals surface area (Å²) in [5, 5.41) is 0.738. The standard InChI is InChI=1S/C29H29ClN2O3/c30-27-12-8-23(9-13-27)14-15-29(21-32-17-16-31-22-32)34-20-28(35-29)19-33-18-24-6-10-26(11-7-24)25-4-2-1-3-5-25/h1-13,16-17,22,28H,14-15,18-21H2. The van der Waals surface area contributed by atoms with Gasteiger partial charge in [0.25, 0.3) is 0 Å². The Balaban J connectivity index is 1.16. The molecule has 1 aromatic heterocycles. The van der Waals surface area contributed by atoms with Gasteiger partial charge < -0.3 is 18.8 Å². The highest BCUT2D eigenvalue weighted by molar-refractivity contribution is 6.30. The summed E-state index contributed by atoms with van der Waals surface area (Å²) < 4.78 is 20.7. The Morgan fingerprint density at radius 1 is 0.943 bits per heavy atom. The van der Waals surface area contributed by atoms with Crippen molar-refractivity contribution in [3.8, 4) is 11.1 Å². The molecule has 2 heterocycles. The van der Waals surface area contributed by atoms with Gasteiger partial charge in [0.1, 0.15) is 6.10 Å². The molecule has 5 rings (SSSR count). The zero-order valence-electron chi connectivity index (χ0n) is 19.6. The number of rotatable bonds is 10. The number of halogens is 1. The normalized spacial score (nSPS) is 19.7. The maximum absolute atomic E-state index is 6.46. The summed E-state index contributed by atoms with van der Waals surface area (Å²) in [7, 11) is 0. The molecule has 1 aliphatic rings. The van der Waals surface area contributed by atoms with Crippen molar-refractivity contribution in [2.24, 2.45) is 0 Å². The fourth-order valence-corrected chi connectivity index (χ4v) is 4.49. The van der Waals surface area contributed by atoms with Gasteiger partial charge in [0, 0.05) is 23.8 Å². The number of imidazole rings is 1. The first kappa shape index (κ1) is 23.8.